The van der Waals surface area contributed by atoms with Crippen LogP contribution < -0.4 is 0 Å². The predicted molar refractivity (Wildman–Crippen MR) is 65.0 cm³/mol. The van der Waals surface area contributed by atoms with Crippen molar-refractivity contribution in [1.29, 1.82) is 0 Å². The van der Waals surface area contributed by atoms with Gasteiger partial charge in [0.15, 0.2) is 5.78 Å². The number of hydrogen-bond donors (Lipinski definition) is 0. The molecule has 0 saturated heterocycles. The highest BCUT2D eigenvalue weighted by Gasteiger charge is 2.07. The minimum atomic E-state index is 0.119. The fourth-order valence-corrected chi connectivity index (χ4v) is 1.87. The van der Waals surface area contributed by atoms with Gasteiger partial charge in [-0.3, -0.25) is 4.79 Å². The van der Waals surface area contributed by atoms with Gasteiger partial charge in [-0.15, -0.1) is 11.8 Å². The van der Waals surface area contributed by atoms with E-state index in [1.54, 1.807) is 24.3 Å². The molecule has 0 aliphatic rings. The van der Waals surface area contributed by atoms with Gasteiger partial charge in [-0.2, -0.15) is 0 Å². The SMILES string of the molecule is CSc1ccc(C(=O)Cc2ccoc2)cc1. The van der Waals surface area contributed by atoms with Crippen molar-refractivity contribution in [2.45, 2.75) is 11.3 Å². The van der Waals surface area contributed by atoms with Gasteiger partial charge in [0.2, 0.25) is 0 Å². The summed E-state index contributed by atoms with van der Waals surface area (Å²) < 4.78 is 4.93. The molecule has 0 aliphatic heterocycles. The molecule has 0 aliphatic carbocycles. The summed E-state index contributed by atoms with van der Waals surface area (Å²) in [6.07, 6.45) is 5.60. The van der Waals surface area contributed by atoms with Gasteiger partial charge in [0, 0.05) is 16.9 Å². The molecule has 2 rings (SSSR count). The third-order valence-corrected chi connectivity index (χ3v) is 3.10. The van der Waals surface area contributed by atoms with Crippen molar-refractivity contribution in [1.82, 2.24) is 0 Å². The molecule has 16 heavy (non-hydrogen) atoms. The Balaban J connectivity index is 2.09. The minimum absolute atomic E-state index is 0.119. The molecular formula is C13H12O2S. The lowest BCUT2D eigenvalue weighted by Gasteiger charge is -2.00. The molecule has 0 N–H and O–H groups in total. The second kappa shape index (κ2) is 5.03. The second-order valence-electron chi connectivity index (χ2n) is 3.46. The van der Waals surface area contributed by atoms with Crippen molar-refractivity contribution in [2.24, 2.45) is 0 Å². The Labute approximate surface area is 98.7 Å². The highest BCUT2D eigenvalue weighted by atomic mass is 32.2. The molecule has 0 amide bonds. The molecule has 0 bridgehead atoms. The van der Waals surface area contributed by atoms with Crippen molar-refractivity contribution in [3.8, 4) is 0 Å². The maximum absolute atomic E-state index is 11.9. The third-order valence-electron chi connectivity index (χ3n) is 2.36. The van der Waals surface area contributed by atoms with Gasteiger partial charge in [-0.05, 0) is 30.0 Å². The van der Waals surface area contributed by atoms with Gasteiger partial charge in [-0.25, -0.2) is 0 Å². The molecule has 0 spiro atoms. The lowest BCUT2D eigenvalue weighted by Crippen LogP contribution is -2.02. The van der Waals surface area contributed by atoms with Crippen LogP contribution in [0.2, 0.25) is 0 Å². The summed E-state index contributed by atoms with van der Waals surface area (Å²) in [5.41, 5.74) is 1.66. The highest BCUT2D eigenvalue weighted by molar-refractivity contribution is 7.98. The zero-order valence-electron chi connectivity index (χ0n) is 8.97. The Bertz CT molecular complexity index is 457. The van der Waals surface area contributed by atoms with E-state index in [0.717, 1.165) is 11.1 Å². The number of thioether (sulfide) groups is 1. The second-order valence-corrected chi connectivity index (χ2v) is 4.34. The summed E-state index contributed by atoms with van der Waals surface area (Å²) in [7, 11) is 0. The van der Waals surface area contributed by atoms with E-state index >= 15 is 0 Å². The number of carbonyl (C=O) groups excluding carboxylic acids is 1. The number of furan rings is 1. The standard InChI is InChI=1S/C13H12O2S/c1-16-12-4-2-11(3-5-12)13(14)8-10-6-7-15-9-10/h2-7,9H,8H2,1H3. The van der Waals surface area contributed by atoms with Gasteiger partial charge >= 0.3 is 0 Å². The minimum Gasteiger partial charge on any atom is -0.472 e. The smallest absolute Gasteiger partial charge is 0.167 e. The molecule has 2 nitrogen and oxygen atoms in total. The predicted octanol–water partition coefficient (Wildman–Crippen LogP) is 3.43. The summed E-state index contributed by atoms with van der Waals surface area (Å²) in [6.45, 7) is 0. The summed E-state index contributed by atoms with van der Waals surface area (Å²) in [5, 5.41) is 0. The molecule has 1 aromatic carbocycles. The fourth-order valence-electron chi connectivity index (χ4n) is 1.46. The average Bonchev–Trinajstić information content (AvgIpc) is 2.82. The Morgan fingerprint density at radius 2 is 2.00 bits per heavy atom. The van der Waals surface area contributed by atoms with E-state index in [1.165, 1.54) is 4.90 Å². The summed E-state index contributed by atoms with van der Waals surface area (Å²) >= 11 is 1.67. The van der Waals surface area contributed by atoms with Gasteiger partial charge in [0.05, 0.1) is 12.5 Å². The number of hydrogen-bond acceptors (Lipinski definition) is 3. The van der Waals surface area contributed by atoms with Crippen LogP contribution in [0.4, 0.5) is 0 Å². The summed E-state index contributed by atoms with van der Waals surface area (Å²) in [6, 6.07) is 9.48. The van der Waals surface area contributed by atoms with Crippen LogP contribution in [0.3, 0.4) is 0 Å². The van der Waals surface area contributed by atoms with E-state index < -0.39 is 0 Å². The van der Waals surface area contributed by atoms with Crippen LogP contribution in [0.25, 0.3) is 0 Å². The van der Waals surface area contributed by atoms with E-state index in [4.69, 9.17) is 4.42 Å². The number of ketones is 1. The zero-order valence-corrected chi connectivity index (χ0v) is 9.79. The summed E-state index contributed by atoms with van der Waals surface area (Å²) in [5.74, 6) is 0.119. The van der Waals surface area contributed by atoms with Crippen LogP contribution in [0.5, 0.6) is 0 Å². The van der Waals surface area contributed by atoms with Gasteiger partial charge < -0.3 is 4.42 Å². The Morgan fingerprint density at radius 3 is 2.56 bits per heavy atom. The molecular weight excluding hydrogens is 220 g/mol. The number of carbonyl (C=O) groups is 1. The highest BCUT2D eigenvalue weighted by Crippen LogP contribution is 2.16. The molecule has 0 radical (unpaired) electrons. The Kier molecular flexibility index (Phi) is 3.47. The molecule has 1 aromatic heterocycles. The van der Waals surface area contributed by atoms with Crippen LogP contribution in [0.1, 0.15) is 15.9 Å². The zero-order chi connectivity index (χ0) is 11.4. The normalized spacial score (nSPS) is 10.3. The van der Waals surface area contributed by atoms with Crippen molar-refractivity contribution in [2.75, 3.05) is 6.26 Å². The molecule has 0 unspecified atom stereocenters. The Morgan fingerprint density at radius 1 is 1.25 bits per heavy atom. The first-order valence-corrected chi connectivity index (χ1v) is 6.20. The molecule has 0 atom stereocenters. The first-order chi connectivity index (χ1) is 7.79. The average molecular weight is 232 g/mol. The topological polar surface area (TPSA) is 30.2 Å². The number of benzene rings is 1. The van der Waals surface area contributed by atoms with Crippen LogP contribution in [-0.4, -0.2) is 12.0 Å². The van der Waals surface area contributed by atoms with Crippen LogP contribution in [-0.2, 0) is 6.42 Å². The number of Topliss-reactive ketones (excluding diaryl/α,β-unsaturated/α-hetero) is 1. The van der Waals surface area contributed by atoms with Crippen molar-refractivity contribution >= 4 is 17.5 Å². The molecule has 2 aromatic rings. The molecule has 1 heterocycles. The molecule has 82 valence electrons. The maximum Gasteiger partial charge on any atom is 0.167 e. The Hall–Kier alpha value is -1.48. The van der Waals surface area contributed by atoms with Gasteiger partial charge in [-0.1, -0.05) is 12.1 Å². The molecule has 0 saturated carbocycles. The van der Waals surface area contributed by atoms with Crippen molar-refractivity contribution in [3.05, 3.63) is 54.0 Å². The monoisotopic (exact) mass is 232 g/mol. The van der Waals surface area contributed by atoms with Crippen LogP contribution in [0.15, 0.2) is 52.2 Å². The van der Waals surface area contributed by atoms with Crippen LogP contribution >= 0.6 is 11.8 Å². The first kappa shape index (κ1) is 11.0. The lowest BCUT2D eigenvalue weighted by atomic mass is 10.1. The molecule has 0 fully saturated rings. The van der Waals surface area contributed by atoms with E-state index in [1.807, 2.05) is 36.6 Å². The maximum atomic E-state index is 11.9. The third kappa shape index (κ3) is 2.55. The van der Waals surface area contributed by atoms with E-state index in [0.29, 0.717) is 6.42 Å². The van der Waals surface area contributed by atoms with Crippen molar-refractivity contribution in [3.63, 3.8) is 0 Å². The van der Waals surface area contributed by atoms with Gasteiger partial charge in [0.1, 0.15) is 0 Å². The lowest BCUT2D eigenvalue weighted by molar-refractivity contribution is 0.0992. The van der Waals surface area contributed by atoms with Crippen molar-refractivity contribution < 1.29 is 9.21 Å². The largest absolute Gasteiger partial charge is 0.472 e. The van der Waals surface area contributed by atoms with Gasteiger partial charge in [0.25, 0.3) is 0 Å². The number of rotatable bonds is 4. The quantitative estimate of drug-likeness (QED) is 0.597. The fraction of sp³-hybridized carbons (Fsp3) is 0.154. The first-order valence-electron chi connectivity index (χ1n) is 4.98. The van der Waals surface area contributed by atoms with E-state index in [9.17, 15) is 4.79 Å². The summed E-state index contributed by atoms with van der Waals surface area (Å²) in [4.78, 5) is 13.0. The van der Waals surface area contributed by atoms with Crippen LogP contribution in [0, 0.1) is 0 Å². The molecule has 3 heteroatoms. The van der Waals surface area contributed by atoms with E-state index in [-0.39, 0.29) is 5.78 Å². The van der Waals surface area contributed by atoms with E-state index in [2.05, 4.69) is 0 Å².